The van der Waals surface area contributed by atoms with Crippen LogP contribution < -0.4 is 0 Å². The largest absolute Gasteiger partial charge is 0.330 e. The lowest BCUT2D eigenvalue weighted by molar-refractivity contribution is 0.171. The first-order valence-electron chi connectivity index (χ1n) is 7.10. The van der Waals surface area contributed by atoms with Crippen LogP contribution >= 0.6 is 11.3 Å². The van der Waals surface area contributed by atoms with Crippen LogP contribution in [-0.4, -0.2) is 34.1 Å². The van der Waals surface area contributed by atoms with Crippen LogP contribution in [0.4, 0.5) is 0 Å². The third kappa shape index (κ3) is 2.90. The average Bonchev–Trinajstić information content (AvgIpc) is 3.08. The van der Waals surface area contributed by atoms with Gasteiger partial charge in [-0.05, 0) is 44.3 Å². The van der Waals surface area contributed by atoms with Crippen LogP contribution in [0.15, 0.2) is 29.9 Å². The van der Waals surface area contributed by atoms with Crippen molar-refractivity contribution < 1.29 is 0 Å². The van der Waals surface area contributed by atoms with Gasteiger partial charge >= 0.3 is 0 Å². The van der Waals surface area contributed by atoms with Crippen LogP contribution in [0, 0.1) is 0 Å². The summed E-state index contributed by atoms with van der Waals surface area (Å²) in [4.78, 5) is 8.29. The third-order valence-electron chi connectivity index (χ3n) is 4.08. The number of imidazole rings is 1. The monoisotopic (exact) mass is 275 g/mol. The van der Waals surface area contributed by atoms with Crippen molar-refractivity contribution in [2.75, 3.05) is 13.6 Å². The highest BCUT2D eigenvalue weighted by Gasteiger charge is 2.19. The quantitative estimate of drug-likeness (QED) is 0.851. The van der Waals surface area contributed by atoms with Crippen LogP contribution in [0.1, 0.15) is 25.7 Å². The molecule has 19 heavy (non-hydrogen) atoms. The molecule has 0 saturated carbocycles. The van der Waals surface area contributed by atoms with E-state index in [0.29, 0.717) is 0 Å². The number of aromatic nitrogens is 2. The summed E-state index contributed by atoms with van der Waals surface area (Å²) in [5.41, 5.74) is 0. The zero-order valence-electron chi connectivity index (χ0n) is 11.5. The van der Waals surface area contributed by atoms with Crippen molar-refractivity contribution in [2.24, 2.45) is 0 Å². The maximum atomic E-state index is 4.50. The fraction of sp³-hybridized carbons (Fsp3) is 0.533. The maximum absolute atomic E-state index is 4.50. The number of aryl methyl sites for hydroxylation is 1. The predicted molar refractivity (Wildman–Crippen MR) is 80.4 cm³/mol. The Kier molecular flexibility index (Phi) is 3.99. The van der Waals surface area contributed by atoms with Gasteiger partial charge in [-0.2, -0.15) is 0 Å². The lowest BCUT2D eigenvalue weighted by atomic mass is 10.0. The van der Waals surface area contributed by atoms with Gasteiger partial charge in [-0.25, -0.2) is 4.98 Å². The van der Waals surface area contributed by atoms with Crippen molar-refractivity contribution >= 4 is 11.3 Å². The third-order valence-corrected chi connectivity index (χ3v) is 4.95. The second-order valence-electron chi connectivity index (χ2n) is 5.34. The van der Waals surface area contributed by atoms with Crippen LogP contribution in [0.2, 0.25) is 0 Å². The topological polar surface area (TPSA) is 21.1 Å². The fourth-order valence-electron chi connectivity index (χ4n) is 2.92. The van der Waals surface area contributed by atoms with E-state index in [1.807, 2.05) is 6.20 Å². The number of nitrogens with zero attached hydrogens (tertiary/aromatic N) is 3. The Balaban J connectivity index is 1.66. The van der Waals surface area contributed by atoms with Gasteiger partial charge in [0.25, 0.3) is 0 Å². The summed E-state index contributed by atoms with van der Waals surface area (Å²) in [6.07, 6.45) is 9.34. The first-order chi connectivity index (χ1) is 9.34. The highest BCUT2D eigenvalue weighted by Crippen LogP contribution is 2.24. The minimum Gasteiger partial charge on any atom is -0.330 e. The summed E-state index contributed by atoms with van der Waals surface area (Å²) in [6.45, 7) is 2.33. The van der Waals surface area contributed by atoms with Crippen LogP contribution in [0.5, 0.6) is 0 Å². The second-order valence-corrected chi connectivity index (χ2v) is 6.29. The SMILES string of the molecule is CN1CCCCC1CCn1ccnc1-c1cccs1. The fourth-order valence-corrected chi connectivity index (χ4v) is 3.65. The number of hydrogen-bond acceptors (Lipinski definition) is 3. The molecule has 0 spiro atoms. The van der Waals surface area contributed by atoms with Crippen molar-refractivity contribution in [1.29, 1.82) is 0 Å². The van der Waals surface area contributed by atoms with Crippen molar-refractivity contribution in [3.8, 4) is 10.7 Å². The van der Waals surface area contributed by atoms with Gasteiger partial charge in [0.05, 0.1) is 4.88 Å². The molecule has 4 heteroatoms. The van der Waals surface area contributed by atoms with Crippen LogP contribution in [0.3, 0.4) is 0 Å². The second kappa shape index (κ2) is 5.88. The summed E-state index contributed by atoms with van der Waals surface area (Å²) in [5.74, 6) is 1.12. The molecular weight excluding hydrogens is 254 g/mol. The molecule has 1 aliphatic heterocycles. The Bertz CT molecular complexity index is 503. The van der Waals surface area contributed by atoms with Gasteiger partial charge in [0.1, 0.15) is 5.82 Å². The number of rotatable bonds is 4. The van der Waals surface area contributed by atoms with Gasteiger partial charge in [0.2, 0.25) is 0 Å². The minimum atomic E-state index is 0.743. The Labute approximate surface area is 118 Å². The zero-order valence-corrected chi connectivity index (χ0v) is 12.3. The summed E-state index contributed by atoms with van der Waals surface area (Å²) < 4.78 is 2.30. The molecule has 0 N–H and O–H groups in total. The van der Waals surface area contributed by atoms with E-state index < -0.39 is 0 Å². The first-order valence-corrected chi connectivity index (χ1v) is 7.98. The van der Waals surface area contributed by atoms with Crippen molar-refractivity contribution in [2.45, 2.75) is 38.3 Å². The maximum Gasteiger partial charge on any atom is 0.149 e. The molecule has 1 atom stereocenters. The molecule has 3 heterocycles. The van der Waals surface area contributed by atoms with Crippen LogP contribution in [0.25, 0.3) is 10.7 Å². The van der Waals surface area contributed by atoms with Gasteiger partial charge in [-0.15, -0.1) is 11.3 Å². The van der Waals surface area contributed by atoms with Gasteiger partial charge in [-0.3, -0.25) is 0 Å². The zero-order chi connectivity index (χ0) is 13.1. The molecule has 1 unspecified atom stereocenters. The molecule has 0 aromatic carbocycles. The lowest BCUT2D eigenvalue weighted by Gasteiger charge is -2.32. The molecule has 2 aromatic heterocycles. The molecule has 102 valence electrons. The molecule has 1 saturated heterocycles. The molecule has 3 rings (SSSR count). The lowest BCUT2D eigenvalue weighted by Crippen LogP contribution is -2.36. The minimum absolute atomic E-state index is 0.743. The molecule has 1 fully saturated rings. The molecule has 0 radical (unpaired) electrons. The summed E-state index contributed by atoms with van der Waals surface area (Å²) >= 11 is 1.76. The number of hydrogen-bond donors (Lipinski definition) is 0. The van der Waals surface area contributed by atoms with Gasteiger partial charge in [0, 0.05) is 25.0 Å². The molecule has 2 aromatic rings. The highest BCUT2D eigenvalue weighted by atomic mass is 32.1. The average molecular weight is 275 g/mol. The van der Waals surface area contributed by atoms with E-state index in [-0.39, 0.29) is 0 Å². The molecule has 0 amide bonds. The molecular formula is C15H21N3S. The van der Waals surface area contributed by atoms with E-state index >= 15 is 0 Å². The molecule has 0 bridgehead atoms. The van der Waals surface area contributed by atoms with E-state index in [4.69, 9.17) is 0 Å². The Hall–Kier alpha value is -1.13. The summed E-state index contributed by atoms with van der Waals surface area (Å²) in [6, 6.07) is 4.98. The van der Waals surface area contributed by atoms with Crippen molar-refractivity contribution in [1.82, 2.24) is 14.5 Å². The number of piperidine rings is 1. The normalized spacial score (nSPS) is 20.8. The van der Waals surface area contributed by atoms with Gasteiger partial charge < -0.3 is 9.47 Å². The Morgan fingerprint density at radius 2 is 2.37 bits per heavy atom. The Morgan fingerprint density at radius 1 is 1.42 bits per heavy atom. The van der Waals surface area contributed by atoms with E-state index in [1.54, 1.807) is 11.3 Å². The van der Waals surface area contributed by atoms with E-state index in [9.17, 15) is 0 Å². The highest BCUT2D eigenvalue weighted by molar-refractivity contribution is 7.13. The van der Waals surface area contributed by atoms with E-state index in [2.05, 4.69) is 45.2 Å². The molecule has 0 aliphatic carbocycles. The molecule has 1 aliphatic rings. The number of likely N-dealkylation sites (tertiary alicyclic amines) is 1. The van der Waals surface area contributed by atoms with Gasteiger partial charge in [0.15, 0.2) is 0 Å². The van der Waals surface area contributed by atoms with Crippen molar-refractivity contribution in [3.63, 3.8) is 0 Å². The van der Waals surface area contributed by atoms with Crippen molar-refractivity contribution in [3.05, 3.63) is 29.9 Å². The standard InChI is InChI=1S/C15H21N3S/c1-17-9-3-2-5-13(17)7-10-18-11-8-16-15(18)14-6-4-12-19-14/h4,6,8,11-13H,2-3,5,7,9-10H2,1H3. The van der Waals surface area contributed by atoms with Gasteiger partial charge in [-0.1, -0.05) is 12.5 Å². The smallest absolute Gasteiger partial charge is 0.149 e. The van der Waals surface area contributed by atoms with E-state index in [0.717, 1.165) is 18.4 Å². The van der Waals surface area contributed by atoms with E-state index in [1.165, 1.54) is 37.1 Å². The van der Waals surface area contributed by atoms with Crippen LogP contribution in [-0.2, 0) is 6.54 Å². The summed E-state index contributed by atoms with van der Waals surface area (Å²) in [7, 11) is 2.26. The number of thiophene rings is 1. The molecule has 3 nitrogen and oxygen atoms in total. The summed E-state index contributed by atoms with van der Waals surface area (Å²) in [5, 5.41) is 2.11. The predicted octanol–water partition coefficient (Wildman–Crippen LogP) is 3.49. The first kappa shape index (κ1) is 12.9. The Morgan fingerprint density at radius 3 is 3.16 bits per heavy atom.